The smallest absolute Gasteiger partial charge is 0.0107 e. The molecule has 1 aliphatic rings. The molecule has 0 spiro atoms. The molecule has 0 aromatic carbocycles. The monoisotopic (exact) mass is 184 g/mol. The summed E-state index contributed by atoms with van der Waals surface area (Å²) in [6.07, 6.45) is 4.19. The van der Waals surface area contributed by atoms with Gasteiger partial charge in [-0.2, -0.15) is 0 Å². The van der Waals surface area contributed by atoms with Gasteiger partial charge in [0.25, 0.3) is 0 Å². The van der Waals surface area contributed by atoms with E-state index < -0.39 is 0 Å². The van der Waals surface area contributed by atoms with Crippen LogP contribution in [0.2, 0.25) is 0 Å². The minimum atomic E-state index is 1.02. The number of nitrogens with zero attached hydrogens (tertiary/aromatic N) is 1. The van der Waals surface area contributed by atoms with Crippen LogP contribution in [0, 0.1) is 5.92 Å². The quantitative estimate of drug-likeness (QED) is 0.578. The molecule has 0 radical (unpaired) electrons. The normalized spacial score (nSPS) is 16.8. The van der Waals surface area contributed by atoms with Gasteiger partial charge in [-0.3, -0.25) is 0 Å². The third-order valence-electron chi connectivity index (χ3n) is 2.72. The minimum Gasteiger partial charge on any atom is -0.315 e. The molecule has 0 aliphatic heterocycles. The van der Waals surface area contributed by atoms with Crippen molar-refractivity contribution in [3.63, 3.8) is 0 Å². The summed E-state index contributed by atoms with van der Waals surface area (Å²) in [6.45, 7) is 10.6. The highest BCUT2D eigenvalue weighted by molar-refractivity contribution is 4.75. The third-order valence-corrected chi connectivity index (χ3v) is 2.72. The highest BCUT2D eigenvalue weighted by Gasteiger charge is 2.19. The molecule has 0 unspecified atom stereocenters. The fourth-order valence-electron chi connectivity index (χ4n) is 1.61. The predicted molar refractivity (Wildman–Crippen MR) is 58.0 cm³/mol. The largest absolute Gasteiger partial charge is 0.315 e. The van der Waals surface area contributed by atoms with E-state index in [1.807, 2.05) is 0 Å². The predicted octanol–water partition coefficient (Wildman–Crippen LogP) is 1.72. The van der Waals surface area contributed by atoms with Crippen LogP contribution >= 0.6 is 0 Å². The Labute approximate surface area is 82.7 Å². The number of hydrogen-bond acceptors (Lipinski definition) is 2. The van der Waals surface area contributed by atoms with Gasteiger partial charge in [0, 0.05) is 13.1 Å². The molecule has 0 saturated heterocycles. The van der Waals surface area contributed by atoms with Gasteiger partial charge in [0.1, 0.15) is 0 Å². The van der Waals surface area contributed by atoms with E-state index >= 15 is 0 Å². The maximum absolute atomic E-state index is 3.53. The average Bonchev–Trinajstić information content (AvgIpc) is 2.94. The fourth-order valence-corrected chi connectivity index (χ4v) is 1.61. The van der Waals surface area contributed by atoms with Gasteiger partial charge in [0.2, 0.25) is 0 Å². The number of rotatable bonds is 8. The van der Waals surface area contributed by atoms with Gasteiger partial charge >= 0.3 is 0 Å². The molecule has 78 valence electrons. The Hall–Kier alpha value is -0.0800. The molecule has 1 fully saturated rings. The van der Waals surface area contributed by atoms with Gasteiger partial charge in [0.15, 0.2) is 0 Å². The minimum absolute atomic E-state index is 1.02. The van der Waals surface area contributed by atoms with Gasteiger partial charge in [-0.1, -0.05) is 13.8 Å². The summed E-state index contributed by atoms with van der Waals surface area (Å²) in [4.78, 5) is 2.51. The summed E-state index contributed by atoms with van der Waals surface area (Å²) < 4.78 is 0. The van der Waals surface area contributed by atoms with E-state index in [0.717, 1.165) is 5.92 Å². The van der Waals surface area contributed by atoms with Crippen LogP contribution in [-0.4, -0.2) is 37.6 Å². The first-order valence-corrected chi connectivity index (χ1v) is 5.79. The van der Waals surface area contributed by atoms with Crippen LogP contribution in [-0.2, 0) is 0 Å². The maximum atomic E-state index is 3.53. The van der Waals surface area contributed by atoms with E-state index in [1.165, 1.54) is 52.0 Å². The summed E-state index contributed by atoms with van der Waals surface area (Å²) in [5, 5.41) is 3.53. The molecule has 13 heavy (non-hydrogen) atoms. The summed E-state index contributed by atoms with van der Waals surface area (Å²) >= 11 is 0. The molecule has 0 bridgehead atoms. The molecule has 1 N–H and O–H groups in total. The van der Waals surface area contributed by atoms with Crippen molar-refractivity contribution in [3.8, 4) is 0 Å². The molecule has 1 aliphatic carbocycles. The van der Waals surface area contributed by atoms with E-state index in [9.17, 15) is 0 Å². The molecule has 2 heteroatoms. The molecule has 2 nitrogen and oxygen atoms in total. The lowest BCUT2D eigenvalue weighted by molar-refractivity contribution is 0.287. The first-order valence-electron chi connectivity index (χ1n) is 5.79. The second-order valence-corrected chi connectivity index (χ2v) is 4.08. The zero-order valence-electron chi connectivity index (χ0n) is 9.18. The zero-order chi connectivity index (χ0) is 9.52. The SMILES string of the molecule is CCCN(CC)CCNCC1CC1. The van der Waals surface area contributed by atoms with Crippen molar-refractivity contribution in [2.45, 2.75) is 33.1 Å². The molecule has 0 heterocycles. The Balaban J connectivity index is 1.88. The maximum Gasteiger partial charge on any atom is 0.0107 e. The number of hydrogen-bond donors (Lipinski definition) is 1. The lowest BCUT2D eigenvalue weighted by atomic mass is 10.4. The third kappa shape index (κ3) is 5.27. The van der Waals surface area contributed by atoms with Crippen LogP contribution in [0.5, 0.6) is 0 Å². The van der Waals surface area contributed by atoms with Crippen LogP contribution in [0.25, 0.3) is 0 Å². The Bertz CT molecular complexity index is 121. The standard InChI is InChI=1S/C11H24N2/c1-3-8-13(4-2)9-7-12-10-11-5-6-11/h11-12H,3-10H2,1-2H3. The van der Waals surface area contributed by atoms with E-state index in [-0.39, 0.29) is 0 Å². The second kappa shape index (κ2) is 6.39. The summed E-state index contributed by atoms with van der Waals surface area (Å²) in [5.41, 5.74) is 0. The second-order valence-electron chi connectivity index (χ2n) is 4.08. The molecular weight excluding hydrogens is 160 g/mol. The van der Waals surface area contributed by atoms with Gasteiger partial charge in [-0.15, -0.1) is 0 Å². The lowest BCUT2D eigenvalue weighted by Gasteiger charge is -2.19. The highest BCUT2D eigenvalue weighted by atomic mass is 15.1. The van der Waals surface area contributed by atoms with E-state index in [1.54, 1.807) is 0 Å². The van der Waals surface area contributed by atoms with Crippen LogP contribution in [0.3, 0.4) is 0 Å². The van der Waals surface area contributed by atoms with Crippen molar-refractivity contribution >= 4 is 0 Å². The number of likely N-dealkylation sites (N-methyl/N-ethyl adjacent to an activating group) is 1. The molecule has 0 aromatic heterocycles. The molecule has 0 amide bonds. The molecule has 1 saturated carbocycles. The first-order chi connectivity index (χ1) is 6.36. The molecular formula is C11H24N2. The van der Waals surface area contributed by atoms with Crippen molar-refractivity contribution in [3.05, 3.63) is 0 Å². The zero-order valence-corrected chi connectivity index (χ0v) is 9.18. The van der Waals surface area contributed by atoms with Gasteiger partial charge in [0.05, 0.1) is 0 Å². The van der Waals surface area contributed by atoms with Crippen molar-refractivity contribution in [1.29, 1.82) is 0 Å². The van der Waals surface area contributed by atoms with Crippen LogP contribution in [0.4, 0.5) is 0 Å². The Kier molecular flexibility index (Phi) is 5.40. The van der Waals surface area contributed by atoms with E-state index in [0.29, 0.717) is 0 Å². The first kappa shape index (κ1) is 11.0. The summed E-state index contributed by atoms with van der Waals surface area (Å²) in [7, 11) is 0. The van der Waals surface area contributed by atoms with Gasteiger partial charge in [-0.05, 0) is 44.8 Å². The average molecular weight is 184 g/mol. The molecule has 0 atom stereocenters. The Morgan fingerprint density at radius 2 is 2.00 bits per heavy atom. The Morgan fingerprint density at radius 1 is 1.23 bits per heavy atom. The summed E-state index contributed by atoms with van der Waals surface area (Å²) in [5.74, 6) is 1.02. The molecule has 1 rings (SSSR count). The molecule has 0 aromatic rings. The van der Waals surface area contributed by atoms with E-state index in [2.05, 4.69) is 24.1 Å². The number of nitrogens with one attached hydrogen (secondary N) is 1. The topological polar surface area (TPSA) is 15.3 Å². The fraction of sp³-hybridized carbons (Fsp3) is 1.00. The highest BCUT2D eigenvalue weighted by Crippen LogP contribution is 2.27. The van der Waals surface area contributed by atoms with Crippen LogP contribution < -0.4 is 5.32 Å². The van der Waals surface area contributed by atoms with E-state index in [4.69, 9.17) is 0 Å². The summed E-state index contributed by atoms with van der Waals surface area (Å²) in [6, 6.07) is 0. The van der Waals surface area contributed by atoms with Crippen LogP contribution in [0.15, 0.2) is 0 Å². The van der Waals surface area contributed by atoms with Crippen molar-refractivity contribution < 1.29 is 0 Å². The van der Waals surface area contributed by atoms with Crippen molar-refractivity contribution in [1.82, 2.24) is 10.2 Å². The van der Waals surface area contributed by atoms with Crippen molar-refractivity contribution in [2.75, 3.05) is 32.7 Å². The van der Waals surface area contributed by atoms with Gasteiger partial charge < -0.3 is 10.2 Å². The van der Waals surface area contributed by atoms with Gasteiger partial charge in [-0.25, -0.2) is 0 Å². The Morgan fingerprint density at radius 3 is 2.54 bits per heavy atom. The van der Waals surface area contributed by atoms with Crippen LogP contribution in [0.1, 0.15) is 33.1 Å². The van der Waals surface area contributed by atoms with Crippen molar-refractivity contribution in [2.24, 2.45) is 5.92 Å². The lowest BCUT2D eigenvalue weighted by Crippen LogP contribution is -2.33.